The van der Waals surface area contributed by atoms with E-state index >= 15 is 0 Å². The van der Waals surface area contributed by atoms with Crippen molar-refractivity contribution in [2.75, 3.05) is 0 Å². The molecule has 2 heterocycles. The summed E-state index contributed by atoms with van der Waals surface area (Å²) >= 11 is 0. The molecule has 0 saturated heterocycles. The molecule has 1 aliphatic carbocycles. The average Bonchev–Trinajstić information content (AvgIpc) is 0.592. The maximum atomic E-state index is 4.08. The van der Waals surface area contributed by atoms with Gasteiger partial charge in [0.15, 0.2) is 0 Å². The molecule has 0 amide bonds. The summed E-state index contributed by atoms with van der Waals surface area (Å²) in [6.07, 6.45) is 2.67. The molecule has 1 fully saturated rings. The van der Waals surface area contributed by atoms with E-state index in [9.17, 15) is 0 Å². The van der Waals surface area contributed by atoms with Gasteiger partial charge in [0, 0.05) is 18.6 Å². The van der Waals surface area contributed by atoms with Crippen LogP contribution in [-0.2, 0) is 0 Å². The maximum absolute atomic E-state index is 4.08. The Labute approximate surface area is 30.7 Å². The summed E-state index contributed by atoms with van der Waals surface area (Å²) in [5.41, 5.74) is 1.45. The smallest absolute Gasteiger partial charge is 0.0602 e. The van der Waals surface area contributed by atoms with Crippen LogP contribution >= 0.6 is 0 Å². The van der Waals surface area contributed by atoms with E-state index in [0.29, 0.717) is 0 Å². The molecule has 1 heteroatoms. The number of nitrogens with zero attached hydrogens (tertiary/aromatic N) is 1. The van der Waals surface area contributed by atoms with Gasteiger partial charge in [-0.3, -0.25) is 4.99 Å². The summed E-state index contributed by atoms with van der Waals surface area (Å²) < 4.78 is 0. The third-order valence-electron chi connectivity index (χ3n) is 1.31. The molecule has 1 saturated carbocycles. The van der Waals surface area contributed by atoms with Gasteiger partial charge in [-0.15, -0.1) is 0 Å². The molecule has 2 bridgehead atoms. The zero-order chi connectivity index (χ0) is 3.28. The Bertz CT molecular complexity index is 85.8. The number of aliphatic imine (C=N–C) groups is 1. The standard InChI is InChI=1S/C4H5N/c1-3-2-4(1)5-3/h3H,1-2H2. The van der Waals surface area contributed by atoms with Crippen LogP contribution in [-0.4, -0.2) is 11.8 Å². The molecule has 2 aliphatic heterocycles. The first-order valence-corrected chi connectivity index (χ1v) is 2.01. The second-order valence-electron chi connectivity index (χ2n) is 1.76. The molecule has 26 valence electrons. The van der Waals surface area contributed by atoms with Crippen molar-refractivity contribution >= 4 is 5.71 Å². The first kappa shape index (κ1) is 1.96. The Morgan fingerprint density at radius 2 is 1.80 bits per heavy atom. The van der Waals surface area contributed by atoms with Crippen LogP contribution in [0, 0.1) is 0 Å². The first-order valence-electron chi connectivity index (χ1n) is 2.01. The fraction of sp³-hybridized carbons (Fsp3) is 0.750. The van der Waals surface area contributed by atoms with E-state index in [2.05, 4.69) is 4.99 Å². The SMILES string of the molecule is C1C2=NC1C2. The molecule has 0 spiro atoms. The lowest BCUT2D eigenvalue weighted by Crippen LogP contribution is -2.39. The molecule has 0 atom stereocenters. The van der Waals surface area contributed by atoms with Crippen molar-refractivity contribution in [1.82, 2.24) is 0 Å². The van der Waals surface area contributed by atoms with Gasteiger partial charge in [-0.1, -0.05) is 0 Å². The van der Waals surface area contributed by atoms with Crippen molar-refractivity contribution in [3.05, 3.63) is 0 Å². The fourth-order valence-electron chi connectivity index (χ4n) is 0.714. The van der Waals surface area contributed by atoms with Crippen molar-refractivity contribution in [1.29, 1.82) is 0 Å². The van der Waals surface area contributed by atoms with Crippen LogP contribution in [0.1, 0.15) is 12.8 Å². The quantitative estimate of drug-likeness (QED) is 0.393. The predicted molar refractivity (Wildman–Crippen MR) is 20.5 cm³/mol. The van der Waals surface area contributed by atoms with Gasteiger partial charge in [0.2, 0.25) is 0 Å². The molecular weight excluding hydrogens is 62.1 g/mol. The molecule has 3 aliphatic rings. The molecule has 5 heavy (non-hydrogen) atoms. The Hall–Kier alpha value is -0.330. The van der Waals surface area contributed by atoms with Gasteiger partial charge in [-0.2, -0.15) is 0 Å². The van der Waals surface area contributed by atoms with Crippen LogP contribution in [0.5, 0.6) is 0 Å². The van der Waals surface area contributed by atoms with Crippen LogP contribution in [0.3, 0.4) is 0 Å². The lowest BCUT2D eigenvalue weighted by Gasteiger charge is -2.36. The van der Waals surface area contributed by atoms with Gasteiger partial charge in [0.25, 0.3) is 0 Å². The van der Waals surface area contributed by atoms with Crippen LogP contribution in [0.15, 0.2) is 4.99 Å². The molecule has 0 unspecified atom stereocenters. The van der Waals surface area contributed by atoms with E-state index in [4.69, 9.17) is 0 Å². The third kappa shape index (κ3) is 0.0752. The zero-order valence-electron chi connectivity index (χ0n) is 2.94. The lowest BCUT2D eigenvalue weighted by atomic mass is 9.83. The van der Waals surface area contributed by atoms with Crippen LogP contribution in [0.25, 0.3) is 0 Å². The van der Waals surface area contributed by atoms with E-state index in [0.717, 1.165) is 6.04 Å². The highest BCUT2D eigenvalue weighted by Crippen LogP contribution is 2.31. The van der Waals surface area contributed by atoms with E-state index in [-0.39, 0.29) is 0 Å². The normalized spacial score (nSPS) is 30.8. The second kappa shape index (κ2) is 0.348. The van der Waals surface area contributed by atoms with Crippen molar-refractivity contribution in [2.45, 2.75) is 18.9 Å². The topological polar surface area (TPSA) is 12.4 Å². The van der Waals surface area contributed by atoms with E-state index in [1.165, 1.54) is 18.6 Å². The summed E-state index contributed by atoms with van der Waals surface area (Å²) in [5, 5.41) is 0. The van der Waals surface area contributed by atoms with Crippen LogP contribution < -0.4 is 0 Å². The summed E-state index contributed by atoms with van der Waals surface area (Å²) in [6, 6.07) is 0.796. The minimum absolute atomic E-state index is 0.796. The summed E-state index contributed by atoms with van der Waals surface area (Å²) in [6.45, 7) is 0. The van der Waals surface area contributed by atoms with Crippen molar-refractivity contribution in [2.24, 2.45) is 4.99 Å². The predicted octanol–water partition coefficient (Wildman–Crippen LogP) is 0.603. The Morgan fingerprint density at radius 1 is 1.60 bits per heavy atom. The molecule has 0 aromatic heterocycles. The fourth-order valence-corrected chi connectivity index (χ4v) is 0.714. The Morgan fingerprint density at radius 3 is 1.80 bits per heavy atom. The van der Waals surface area contributed by atoms with Crippen LogP contribution in [0.4, 0.5) is 0 Å². The Kier molecular flexibility index (Phi) is 0.136. The highest BCUT2D eigenvalue weighted by Gasteiger charge is 2.33. The third-order valence-corrected chi connectivity index (χ3v) is 1.31. The summed E-state index contributed by atoms with van der Waals surface area (Å²) in [4.78, 5) is 4.08. The van der Waals surface area contributed by atoms with E-state index in [1.807, 2.05) is 0 Å². The van der Waals surface area contributed by atoms with Crippen LogP contribution in [0.2, 0.25) is 0 Å². The average molecular weight is 67.1 g/mol. The highest BCUT2D eigenvalue weighted by atomic mass is 14.9. The van der Waals surface area contributed by atoms with Gasteiger partial charge in [0.05, 0.1) is 6.04 Å². The van der Waals surface area contributed by atoms with Crippen molar-refractivity contribution in [3.8, 4) is 0 Å². The van der Waals surface area contributed by atoms with Gasteiger partial charge < -0.3 is 0 Å². The largest absolute Gasteiger partial charge is 0.290 e. The minimum atomic E-state index is 0.796. The monoisotopic (exact) mass is 67.0 g/mol. The summed E-state index contributed by atoms with van der Waals surface area (Å²) in [7, 11) is 0. The highest BCUT2D eigenvalue weighted by molar-refractivity contribution is 5.98. The molecular formula is C4H5N. The summed E-state index contributed by atoms with van der Waals surface area (Å²) in [5.74, 6) is 0. The molecule has 0 radical (unpaired) electrons. The number of hydrogen-bond acceptors (Lipinski definition) is 1. The molecule has 3 rings (SSSR count). The zero-order valence-corrected chi connectivity index (χ0v) is 2.94. The second-order valence-corrected chi connectivity index (χ2v) is 1.76. The lowest BCUT2D eigenvalue weighted by molar-refractivity contribution is 0.553. The molecule has 1 nitrogen and oxygen atoms in total. The van der Waals surface area contributed by atoms with Crippen molar-refractivity contribution in [3.63, 3.8) is 0 Å². The maximum Gasteiger partial charge on any atom is 0.0602 e. The van der Waals surface area contributed by atoms with Gasteiger partial charge >= 0.3 is 0 Å². The van der Waals surface area contributed by atoms with Crippen molar-refractivity contribution < 1.29 is 0 Å². The molecule has 0 N–H and O–H groups in total. The number of rotatable bonds is 0. The van der Waals surface area contributed by atoms with Gasteiger partial charge in [-0.05, 0) is 0 Å². The number of hydrogen-bond donors (Lipinski definition) is 0. The minimum Gasteiger partial charge on any atom is -0.290 e. The van der Waals surface area contributed by atoms with Gasteiger partial charge in [0.1, 0.15) is 0 Å². The first-order chi connectivity index (χ1) is 2.45. The van der Waals surface area contributed by atoms with E-state index in [1.54, 1.807) is 0 Å². The molecule has 0 aromatic carbocycles. The molecule has 0 aromatic rings. The van der Waals surface area contributed by atoms with E-state index < -0.39 is 0 Å². The Balaban J connectivity index is 2.57. The van der Waals surface area contributed by atoms with Gasteiger partial charge in [-0.25, -0.2) is 0 Å².